The molecule has 0 aliphatic carbocycles. The van der Waals surface area contributed by atoms with Gasteiger partial charge >= 0.3 is 6.09 Å². The standard InChI is InChI=1S/C26H30ClN5O3/c1-26(2,3)35-25(34)31-14-4-5-21(15-31)30-22(33)16-32-17-29-23(18-6-8-20(27)9-7-18)24(32)19-10-12-28-13-11-19/h6-13,17,21H,4-5,14-16H2,1-3H3,(H,30,33)/t21-/m0/s1. The molecule has 0 unspecified atom stereocenters. The van der Waals surface area contributed by atoms with Gasteiger partial charge in [0.1, 0.15) is 12.1 Å². The summed E-state index contributed by atoms with van der Waals surface area (Å²) in [6.07, 6.45) is 6.36. The van der Waals surface area contributed by atoms with Crippen LogP contribution in [0, 0.1) is 0 Å². The number of ether oxygens (including phenoxy) is 1. The summed E-state index contributed by atoms with van der Waals surface area (Å²) in [6.45, 7) is 6.69. The minimum absolute atomic E-state index is 0.0984. The quantitative estimate of drug-likeness (QED) is 0.550. The Morgan fingerprint density at radius 2 is 1.83 bits per heavy atom. The van der Waals surface area contributed by atoms with E-state index in [0.717, 1.165) is 35.4 Å². The fourth-order valence-corrected chi connectivity index (χ4v) is 4.27. The lowest BCUT2D eigenvalue weighted by Gasteiger charge is -2.34. The van der Waals surface area contributed by atoms with Gasteiger partial charge in [-0.2, -0.15) is 0 Å². The zero-order valence-electron chi connectivity index (χ0n) is 20.2. The lowest BCUT2D eigenvalue weighted by molar-refractivity contribution is -0.122. The molecule has 8 nitrogen and oxygen atoms in total. The van der Waals surface area contributed by atoms with Crippen LogP contribution in [0.3, 0.4) is 0 Å². The molecule has 0 spiro atoms. The van der Waals surface area contributed by atoms with Gasteiger partial charge in [-0.15, -0.1) is 0 Å². The Morgan fingerprint density at radius 3 is 2.51 bits per heavy atom. The van der Waals surface area contributed by atoms with Crippen LogP contribution in [-0.4, -0.2) is 56.2 Å². The number of halogens is 1. The van der Waals surface area contributed by atoms with E-state index in [4.69, 9.17) is 16.3 Å². The van der Waals surface area contributed by atoms with E-state index in [1.807, 2.05) is 61.7 Å². The summed E-state index contributed by atoms with van der Waals surface area (Å²) in [5.41, 5.74) is 2.84. The maximum Gasteiger partial charge on any atom is 0.410 e. The zero-order chi connectivity index (χ0) is 25.0. The summed E-state index contributed by atoms with van der Waals surface area (Å²) in [4.78, 5) is 35.9. The van der Waals surface area contributed by atoms with Crippen molar-refractivity contribution in [1.29, 1.82) is 0 Å². The van der Waals surface area contributed by atoms with E-state index in [-0.39, 0.29) is 24.6 Å². The molecule has 9 heteroatoms. The van der Waals surface area contributed by atoms with Gasteiger partial charge < -0.3 is 19.5 Å². The minimum atomic E-state index is -0.556. The van der Waals surface area contributed by atoms with Crippen molar-refractivity contribution in [2.45, 2.75) is 51.8 Å². The summed E-state index contributed by atoms with van der Waals surface area (Å²) in [5, 5.41) is 3.73. The Labute approximate surface area is 210 Å². The molecule has 1 aliphatic heterocycles. The molecule has 1 aliphatic rings. The summed E-state index contributed by atoms with van der Waals surface area (Å²) in [7, 11) is 0. The average molecular weight is 496 g/mol. The summed E-state index contributed by atoms with van der Waals surface area (Å²) in [5.74, 6) is -0.142. The van der Waals surface area contributed by atoms with Crippen LogP contribution in [-0.2, 0) is 16.1 Å². The van der Waals surface area contributed by atoms with Crippen LogP contribution < -0.4 is 5.32 Å². The molecule has 0 radical (unpaired) electrons. The Kier molecular flexibility index (Phi) is 7.40. The van der Waals surface area contributed by atoms with E-state index in [1.165, 1.54) is 0 Å². The van der Waals surface area contributed by atoms with Crippen LogP contribution in [0.15, 0.2) is 55.1 Å². The van der Waals surface area contributed by atoms with E-state index in [2.05, 4.69) is 15.3 Å². The molecule has 0 bridgehead atoms. The van der Waals surface area contributed by atoms with E-state index < -0.39 is 5.60 Å². The predicted octanol–water partition coefficient (Wildman–Crippen LogP) is 4.78. The first kappa shape index (κ1) is 24.7. The minimum Gasteiger partial charge on any atom is -0.444 e. The molecule has 2 aromatic heterocycles. The van der Waals surface area contributed by atoms with Crippen molar-refractivity contribution >= 4 is 23.6 Å². The summed E-state index contributed by atoms with van der Waals surface area (Å²) in [6, 6.07) is 11.1. The Morgan fingerprint density at radius 1 is 1.11 bits per heavy atom. The van der Waals surface area contributed by atoms with Gasteiger partial charge in [0, 0.05) is 47.7 Å². The molecule has 1 atom stereocenters. The van der Waals surface area contributed by atoms with Crippen molar-refractivity contribution in [1.82, 2.24) is 24.8 Å². The number of piperidine rings is 1. The van der Waals surface area contributed by atoms with Gasteiger partial charge in [0.05, 0.1) is 17.7 Å². The number of carbonyl (C=O) groups is 2. The second-order valence-electron chi connectivity index (χ2n) is 9.65. The first-order chi connectivity index (χ1) is 16.7. The number of likely N-dealkylation sites (tertiary alicyclic amines) is 1. The van der Waals surface area contributed by atoms with Gasteiger partial charge in [-0.25, -0.2) is 9.78 Å². The molecule has 3 aromatic rings. The van der Waals surface area contributed by atoms with Gasteiger partial charge in [-0.05, 0) is 57.9 Å². The van der Waals surface area contributed by atoms with Crippen molar-refractivity contribution in [3.05, 3.63) is 60.1 Å². The second kappa shape index (κ2) is 10.5. The second-order valence-corrected chi connectivity index (χ2v) is 10.1. The van der Waals surface area contributed by atoms with Crippen LogP contribution in [0.2, 0.25) is 5.02 Å². The molecule has 4 rings (SSSR count). The topological polar surface area (TPSA) is 89.4 Å². The van der Waals surface area contributed by atoms with Crippen molar-refractivity contribution in [3.63, 3.8) is 0 Å². The molecule has 1 saturated heterocycles. The highest BCUT2D eigenvalue weighted by atomic mass is 35.5. The van der Waals surface area contributed by atoms with E-state index in [1.54, 1.807) is 23.6 Å². The first-order valence-electron chi connectivity index (χ1n) is 11.7. The number of nitrogens with one attached hydrogen (secondary N) is 1. The number of amides is 2. The van der Waals surface area contributed by atoms with Crippen LogP contribution in [0.25, 0.3) is 22.5 Å². The molecule has 35 heavy (non-hydrogen) atoms. The fraction of sp³-hybridized carbons (Fsp3) is 0.385. The van der Waals surface area contributed by atoms with E-state index in [9.17, 15) is 9.59 Å². The smallest absolute Gasteiger partial charge is 0.410 e. The van der Waals surface area contributed by atoms with E-state index >= 15 is 0 Å². The number of pyridine rings is 1. The normalized spacial score (nSPS) is 16.1. The molecule has 1 aromatic carbocycles. The number of hydrogen-bond donors (Lipinski definition) is 1. The number of imidazole rings is 1. The molecule has 2 amide bonds. The number of rotatable bonds is 5. The fourth-order valence-electron chi connectivity index (χ4n) is 4.15. The van der Waals surface area contributed by atoms with Crippen molar-refractivity contribution in [2.75, 3.05) is 13.1 Å². The number of nitrogens with zero attached hydrogens (tertiary/aromatic N) is 4. The third kappa shape index (κ3) is 6.39. The molecule has 3 heterocycles. The zero-order valence-corrected chi connectivity index (χ0v) is 21.0. The third-order valence-electron chi connectivity index (χ3n) is 5.66. The predicted molar refractivity (Wildman–Crippen MR) is 135 cm³/mol. The molecule has 0 saturated carbocycles. The number of hydrogen-bond acceptors (Lipinski definition) is 5. The first-order valence-corrected chi connectivity index (χ1v) is 12.1. The lowest BCUT2D eigenvalue weighted by Crippen LogP contribution is -2.51. The van der Waals surface area contributed by atoms with Gasteiger partial charge in [-0.1, -0.05) is 23.7 Å². The maximum absolute atomic E-state index is 13.0. The SMILES string of the molecule is CC(C)(C)OC(=O)N1CCC[C@H](NC(=O)Cn2cnc(-c3ccc(Cl)cc3)c2-c2ccncc2)C1. The number of carbonyl (C=O) groups excluding carboxylic acids is 2. The van der Waals surface area contributed by atoms with Crippen molar-refractivity contribution in [2.24, 2.45) is 0 Å². The highest BCUT2D eigenvalue weighted by Gasteiger charge is 2.28. The monoisotopic (exact) mass is 495 g/mol. The van der Waals surface area contributed by atoms with Gasteiger partial charge in [0.2, 0.25) is 5.91 Å². The average Bonchev–Trinajstić information content (AvgIpc) is 3.22. The van der Waals surface area contributed by atoms with E-state index in [0.29, 0.717) is 18.1 Å². The molecular weight excluding hydrogens is 466 g/mol. The van der Waals surface area contributed by atoms with Crippen molar-refractivity contribution < 1.29 is 14.3 Å². The van der Waals surface area contributed by atoms with Crippen LogP contribution in [0.1, 0.15) is 33.6 Å². The van der Waals surface area contributed by atoms with Crippen LogP contribution >= 0.6 is 11.6 Å². The summed E-state index contributed by atoms with van der Waals surface area (Å²) >= 11 is 6.06. The number of benzene rings is 1. The molecule has 184 valence electrons. The highest BCUT2D eigenvalue weighted by Crippen LogP contribution is 2.31. The van der Waals surface area contributed by atoms with Crippen LogP contribution in [0.4, 0.5) is 4.79 Å². The largest absolute Gasteiger partial charge is 0.444 e. The number of aromatic nitrogens is 3. The maximum atomic E-state index is 13.0. The highest BCUT2D eigenvalue weighted by molar-refractivity contribution is 6.30. The van der Waals surface area contributed by atoms with Crippen LogP contribution in [0.5, 0.6) is 0 Å². The third-order valence-corrected chi connectivity index (χ3v) is 5.91. The van der Waals surface area contributed by atoms with Gasteiger partial charge in [-0.3, -0.25) is 9.78 Å². The molecule has 1 N–H and O–H groups in total. The summed E-state index contributed by atoms with van der Waals surface area (Å²) < 4.78 is 7.33. The molecular formula is C26H30ClN5O3. The van der Waals surface area contributed by atoms with Gasteiger partial charge in [0.15, 0.2) is 0 Å². The lowest BCUT2D eigenvalue weighted by atomic mass is 10.1. The Hall–Kier alpha value is -3.39. The molecule has 1 fully saturated rings. The Balaban J connectivity index is 1.49. The Bertz CT molecular complexity index is 1170. The van der Waals surface area contributed by atoms with Gasteiger partial charge in [0.25, 0.3) is 0 Å². The van der Waals surface area contributed by atoms with Crippen molar-refractivity contribution in [3.8, 4) is 22.5 Å².